The first kappa shape index (κ1) is 12.1. The molecule has 0 saturated carbocycles. The molecule has 0 spiro atoms. The highest BCUT2D eigenvalue weighted by Gasteiger charge is 2.34. The second kappa shape index (κ2) is 4.49. The van der Waals surface area contributed by atoms with Crippen LogP contribution >= 0.6 is 0 Å². The van der Waals surface area contributed by atoms with Gasteiger partial charge in [-0.05, 0) is 19.3 Å². The van der Waals surface area contributed by atoms with Crippen LogP contribution in [0.2, 0.25) is 0 Å². The molecule has 2 rings (SSSR count). The summed E-state index contributed by atoms with van der Waals surface area (Å²) in [6.07, 6.45) is 1.89. The van der Waals surface area contributed by atoms with Crippen LogP contribution in [0.4, 0.5) is 5.82 Å². The highest BCUT2D eigenvalue weighted by Crippen LogP contribution is 2.31. The summed E-state index contributed by atoms with van der Waals surface area (Å²) in [4.78, 5) is 13.3. The fourth-order valence-corrected chi connectivity index (χ4v) is 2.69. The van der Waals surface area contributed by atoms with Crippen molar-refractivity contribution in [3.63, 3.8) is 0 Å². The van der Waals surface area contributed by atoms with Gasteiger partial charge in [0.2, 0.25) is 0 Å². The van der Waals surface area contributed by atoms with Gasteiger partial charge in [-0.2, -0.15) is 5.10 Å². The topological polar surface area (TPSA) is 58.4 Å². The monoisotopic (exact) mass is 237 g/mol. The van der Waals surface area contributed by atoms with Crippen molar-refractivity contribution in [2.24, 2.45) is 13.0 Å². The number of aromatic nitrogens is 2. The van der Waals surface area contributed by atoms with Crippen molar-refractivity contribution < 1.29 is 9.90 Å². The Morgan fingerprint density at radius 1 is 1.59 bits per heavy atom. The second-order valence-electron chi connectivity index (χ2n) is 4.77. The largest absolute Gasteiger partial charge is 0.394 e. The van der Waals surface area contributed by atoms with Gasteiger partial charge in [0.1, 0.15) is 5.82 Å². The summed E-state index contributed by atoms with van der Waals surface area (Å²) in [6.45, 7) is 4.95. The molecule has 1 saturated heterocycles. The third kappa shape index (κ3) is 1.84. The number of anilines is 1. The summed E-state index contributed by atoms with van der Waals surface area (Å²) >= 11 is 0. The van der Waals surface area contributed by atoms with Gasteiger partial charge in [-0.3, -0.25) is 9.48 Å². The van der Waals surface area contributed by atoms with E-state index < -0.39 is 0 Å². The van der Waals surface area contributed by atoms with Crippen molar-refractivity contribution in [2.45, 2.75) is 26.3 Å². The highest BCUT2D eigenvalue weighted by molar-refractivity contribution is 5.85. The predicted molar refractivity (Wildman–Crippen MR) is 65.3 cm³/mol. The Morgan fingerprint density at radius 3 is 2.88 bits per heavy atom. The fraction of sp³-hybridized carbons (Fsp3) is 0.667. The number of nitrogens with zero attached hydrogens (tertiary/aromatic N) is 3. The SMILES string of the molecule is Cc1nn(C)c(N2CCC(C)C2CO)c1C=O. The Labute approximate surface area is 101 Å². The van der Waals surface area contributed by atoms with E-state index in [-0.39, 0.29) is 12.6 Å². The zero-order valence-electron chi connectivity index (χ0n) is 10.6. The molecular weight excluding hydrogens is 218 g/mol. The van der Waals surface area contributed by atoms with Crippen LogP contribution in [-0.2, 0) is 7.05 Å². The maximum atomic E-state index is 11.2. The molecule has 0 amide bonds. The minimum atomic E-state index is 0.0866. The number of aryl methyl sites for hydroxylation is 2. The Balaban J connectivity index is 2.43. The Morgan fingerprint density at radius 2 is 2.29 bits per heavy atom. The first-order chi connectivity index (χ1) is 8.10. The van der Waals surface area contributed by atoms with Crippen molar-refractivity contribution in [3.8, 4) is 0 Å². The zero-order chi connectivity index (χ0) is 12.6. The van der Waals surface area contributed by atoms with Crippen molar-refractivity contribution in [3.05, 3.63) is 11.3 Å². The lowest BCUT2D eigenvalue weighted by Crippen LogP contribution is -2.36. The third-order valence-electron chi connectivity index (χ3n) is 3.70. The summed E-state index contributed by atoms with van der Waals surface area (Å²) in [5.41, 5.74) is 1.38. The summed E-state index contributed by atoms with van der Waals surface area (Å²) in [6, 6.07) is 0.0866. The van der Waals surface area contributed by atoms with Gasteiger partial charge >= 0.3 is 0 Å². The maximum Gasteiger partial charge on any atom is 0.155 e. The molecule has 2 heterocycles. The molecule has 5 heteroatoms. The van der Waals surface area contributed by atoms with Gasteiger partial charge in [0, 0.05) is 13.6 Å². The molecule has 1 N–H and O–H groups in total. The average Bonchev–Trinajstić information content (AvgIpc) is 2.78. The number of carbonyl (C=O) groups is 1. The lowest BCUT2D eigenvalue weighted by Gasteiger charge is -2.27. The van der Waals surface area contributed by atoms with Crippen molar-refractivity contribution >= 4 is 12.1 Å². The first-order valence-electron chi connectivity index (χ1n) is 5.96. The number of hydrogen-bond donors (Lipinski definition) is 1. The van der Waals surface area contributed by atoms with E-state index in [4.69, 9.17) is 0 Å². The van der Waals surface area contributed by atoms with E-state index >= 15 is 0 Å². The van der Waals surface area contributed by atoms with Crippen LogP contribution in [0.3, 0.4) is 0 Å². The van der Waals surface area contributed by atoms with Gasteiger partial charge in [-0.25, -0.2) is 0 Å². The van der Waals surface area contributed by atoms with E-state index in [1.807, 2.05) is 14.0 Å². The number of aliphatic hydroxyl groups is 1. The van der Waals surface area contributed by atoms with Crippen LogP contribution in [0.25, 0.3) is 0 Å². The average molecular weight is 237 g/mol. The number of rotatable bonds is 3. The van der Waals surface area contributed by atoms with E-state index in [1.165, 1.54) is 0 Å². The van der Waals surface area contributed by atoms with Crippen molar-refractivity contribution in [1.82, 2.24) is 9.78 Å². The molecule has 0 aliphatic carbocycles. The fourth-order valence-electron chi connectivity index (χ4n) is 2.69. The van der Waals surface area contributed by atoms with Crippen LogP contribution in [0, 0.1) is 12.8 Å². The molecule has 94 valence electrons. The van der Waals surface area contributed by atoms with Crippen molar-refractivity contribution in [2.75, 3.05) is 18.1 Å². The van der Waals surface area contributed by atoms with E-state index in [9.17, 15) is 9.90 Å². The smallest absolute Gasteiger partial charge is 0.155 e. The molecule has 2 unspecified atom stereocenters. The Bertz CT molecular complexity index is 428. The van der Waals surface area contributed by atoms with Crippen LogP contribution in [-0.4, -0.2) is 40.4 Å². The lowest BCUT2D eigenvalue weighted by atomic mass is 10.0. The van der Waals surface area contributed by atoms with Gasteiger partial charge in [-0.1, -0.05) is 6.92 Å². The van der Waals surface area contributed by atoms with Crippen molar-refractivity contribution in [1.29, 1.82) is 0 Å². The first-order valence-corrected chi connectivity index (χ1v) is 5.96. The van der Waals surface area contributed by atoms with Gasteiger partial charge < -0.3 is 10.0 Å². The normalized spacial score (nSPS) is 24.4. The molecule has 0 bridgehead atoms. The minimum absolute atomic E-state index is 0.0866. The number of carbonyl (C=O) groups excluding carboxylic acids is 1. The van der Waals surface area contributed by atoms with Gasteiger partial charge in [0.15, 0.2) is 6.29 Å². The van der Waals surface area contributed by atoms with Crippen LogP contribution in [0.5, 0.6) is 0 Å². The molecule has 5 nitrogen and oxygen atoms in total. The third-order valence-corrected chi connectivity index (χ3v) is 3.70. The Kier molecular flexibility index (Phi) is 3.19. The van der Waals surface area contributed by atoms with E-state index in [1.54, 1.807) is 4.68 Å². The number of hydrogen-bond acceptors (Lipinski definition) is 4. The minimum Gasteiger partial charge on any atom is -0.394 e. The number of aliphatic hydroxyl groups excluding tert-OH is 1. The van der Waals surface area contributed by atoms with Gasteiger partial charge in [-0.15, -0.1) is 0 Å². The Hall–Kier alpha value is -1.36. The maximum absolute atomic E-state index is 11.2. The van der Waals surface area contributed by atoms with Gasteiger partial charge in [0.25, 0.3) is 0 Å². The zero-order valence-corrected chi connectivity index (χ0v) is 10.6. The van der Waals surface area contributed by atoms with E-state index in [0.717, 1.165) is 30.8 Å². The summed E-state index contributed by atoms with van der Waals surface area (Å²) in [7, 11) is 1.84. The highest BCUT2D eigenvalue weighted by atomic mass is 16.3. The van der Waals surface area contributed by atoms with E-state index in [0.29, 0.717) is 11.5 Å². The lowest BCUT2D eigenvalue weighted by molar-refractivity contribution is 0.112. The molecule has 2 atom stereocenters. The quantitative estimate of drug-likeness (QED) is 0.788. The second-order valence-corrected chi connectivity index (χ2v) is 4.77. The number of aldehydes is 1. The summed E-state index contributed by atoms with van der Waals surface area (Å²) in [5.74, 6) is 1.27. The molecule has 17 heavy (non-hydrogen) atoms. The van der Waals surface area contributed by atoms with E-state index in [2.05, 4.69) is 16.9 Å². The standard InChI is InChI=1S/C12H19N3O2/c1-8-4-5-15(11(8)7-17)12-10(6-16)9(2)13-14(12)3/h6,8,11,17H,4-5,7H2,1-3H3. The molecule has 1 aromatic rings. The summed E-state index contributed by atoms with van der Waals surface area (Å²) in [5, 5.41) is 13.8. The summed E-state index contributed by atoms with van der Waals surface area (Å²) < 4.78 is 1.74. The molecule has 0 radical (unpaired) electrons. The molecule has 1 aliphatic heterocycles. The van der Waals surface area contributed by atoms with Crippen LogP contribution < -0.4 is 4.90 Å². The molecular formula is C12H19N3O2. The van der Waals surface area contributed by atoms with Crippen LogP contribution in [0.1, 0.15) is 29.4 Å². The molecule has 1 aliphatic rings. The van der Waals surface area contributed by atoms with Crippen LogP contribution in [0.15, 0.2) is 0 Å². The molecule has 0 aromatic carbocycles. The molecule has 1 aromatic heterocycles. The van der Waals surface area contributed by atoms with Gasteiger partial charge in [0.05, 0.1) is 23.9 Å². The molecule has 1 fully saturated rings. The predicted octanol–water partition coefficient (Wildman–Crippen LogP) is 0.748.